The van der Waals surface area contributed by atoms with E-state index in [0.29, 0.717) is 11.5 Å². The molecule has 0 aliphatic carbocycles. The highest BCUT2D eigenvalue weighted by Gasteiger charge is 2.03. The van der Waals surface area contributed by atoms with E-state index in [4.69, 9.17) is 10.5 Å². The lowest BCUT2D eigenvalue weighted by Crippen LogP contribution is -2.00. The van der Waals surface area contributed by atoms with E-state index >= 15 is 0 Å². The molecule has 3 N–H and O–H groups in total. The molecule has 0 unspecified atom stereocenters. The lowest BCUT2D eigenvalue weighted by molar-refractivity contribution is 0.415. The third-order valence-corrected chi connectivity index (χ3v) is 2.56. The van der Waals surface area contributed by atoms with Gasteiger partial charge in [-0.15, -0.1) is 0 Å². The number of benzene rings is 1. The zero-order valence-corrected chi connectivity index (χ0v) is 9.90. The number of aromatic nitrogens is 1. The van der Waals surface area contributed by atoms with Gasteiger partial charge in [-0.2, -0.15) is 0 Å². The highest BCUT2D eigenvalue weighted by Crippen LogP contribution is 2.24. The molecule has 0 aliphatic rings. The first-order valence-corrected chi connectivity index (χ1v) is 5.33. The number of ether oxygens (including phenoxy) is 1. The van der Waals surface area contributed by atoms with Crippen LogP contribution in [0.5, 0.6) is 5.75 Å². The quantitative estimate of drug-likeness (QED) is 0.849. The fourth-order valence-corrected chi connectivity index (χ4v) is 1.48. The van der Waals surface area contributed by atoms with Crippen LogP contribution in [0.3, 0.4) is 0 Å². The molecule has 0 bridgehead atoms. The molecule has 2 rings (SSSR count). The van der Waals surface area contributed by atoms with Crippen LogP contribution in [0.1, 0.15) is 5.56 Å². The summed E-state index contributed by atoms with van der Waals surface area (Å²) in [6, 6.07) is 9.49. The number of hydrogen-bond donors (Lipinski definition) is 2. The van der Waals surface area contributed by atoms with Crippen molar-refractivity contribution in [3.63, 3.8) is 0 Å². The summed E-state index contributed by atoms with van der Waals surface area (Å²) in [5.74, 6) is 1.50. The number of pyridine rings is 1. The van der Waals surface area contributed by atoms with Crippen molar-refractivity contribution in [2.24, 2.45) is 0 Å². The summed E-state index contributed by atoms with van der Waals surface area (Å²) in [6.45, 7) is 1.95. The number of rotatable bonds is 3. The average Bonchev–Trinajstić information content (AvgIpc) is 2.36. The molecule has 0 saturated heterocycles. The Kier molecular flexibility index (Phi) is 3.14. The Morgan fingerprint density at radius 3 is 2.53 bits per heavy atom. The van der Waals surface area contributed by atoms with Gasteiger partial charge in [-0.05, 0) is 42.8 Å². The van der Waals surface area contributed by atoms with Crippen molar-refractivity contribution in [1.82, 2.24) is 4.98 Å². The molecule has 0 fully saturated rings. The van der Waals surface area contributed by atoms with Gasteiger partial charge in [0.15, 0.2) is 5.82 Å². The third-order valence-electron chi connectivity index (χ3n) is 2.56. The molecule has 2 aromatic rings. The first-order chi connectivity index (χ1) is 8.20. The van der Waals surface area contributed by atoms with Crippen molar-refractivity contribution in [2.45, 2.75) is 6.92 Å². The number of nitrogen functional groups attached to an aromatic ring is 1. The maximum Gasteiger partial charge on any atom is 0.153 e. The number of aryl methyl sites for hydroxylation is 1. The van der Waals surface area contributed by atoms with Gasteiger partial charge in [0.25, 0.3) is 0 Å². The second-order valence-corrected chi connectivity index (χ2v) is 3.74. The zero-order chi connectivity index (χ0) is 12.3. The van der Waals surface area contributed by atoms with E-state index < -0.39 is 0 Å². The number of hydrogen-bond acceptors (Lipinski definition) is 4. The minimum Gasteiger partial charge on any atom is -0.497 e. The molecule has 88 valence electrons. The molecule has 0 amide bonds. The summed E-state index contributed by atoms with van der Waals surface area (Å²) in [5.41, 5.74) is 8.54. The molecular weight excluding hydrogens is 214 g/mol. The maximum atomic E-state index is 5.94. The summed E-state index contributed by atoms with van der Waals surface area (Å²) in [4.78, 5) is 4.21. The first-order valence-electron chi connectivity index (χ1n) is 5.33. The molecule has 0 aliphatic heterocycles. The standard InChI is InChI=1S/C13H15N3O/c1-9-7-8-15-13(12(9)14)16-10-3-5-11(17-2)6-4-10/h3-8H,14H2,1-2H3,(H,15,16). The summed E-state index contributed by atoms with van der Waals surface area (Å²) in [5, 5.41) is 3.17. The van der Waals surface area contributed by atoms with E-state index in [1.54, 1.807) is 13.3 Å². The molecule has 0 spiro atoms. The minimum atomic E-state index is 0.670. The summed E-state index contributed by atoms with van der Waals surface area (Å²) >= 11 is 0. The molecule has 4 nitrogen and oxygen atoms in total. The molecule has 0 radical (unpaired) electrons. The minimum absolute atomic E-state index is 0.670. The van der Waals surface area contributed by atoms with Crippen LogP contribution in [0.15, 0.2) is 36.5 Å². The lowest BCUT2D eigenvalue weighted by Gasteiger charge is -2.10. The van der Waals surface area contributed by atoms with Crippen LogP contribution in [-0.2, 0) is 0 Å². The molecule has 0 saturated carbocycles. The maximum absolute atomic E-state index is 5.94. The Hall–Kier alpha value is -2.23. The second kappa shape index (κ2) is 4.74. The van der Waals surface area contributed by atoms with Crippen LogP contribution >= 0.6 is 0 Å². The third kappa shape index (κ3) is 2.47. The van der Waals surface area contributed by atoms with Gasteiger partial charge >= 0.3 is 0 Å². The fourth-order valence-electron chi connectivity index (χ4n) is 1.48. The van der Waals surface area contributed by atoms with E-state index in [2.05, 4.69) is 10.3 Å². The van der Waals surface area contributed by atoms with Crippen molar-refractivity contribution in [1.29, 1.82) is 0 Å². The summed E-state index contributed by atoms with van der Waals surface area (Å²) in [6.07, 6.45) is 1.73. The number of nitrogens with one attached hydrogen (secondary N) is 1. The SMILES string of the molecule is COc1ccc(Nc2nccc(C)c2N)cc1. The van der Waals surface area contributed by atoms with Crippen LogP contribution in [0.25, 0.3) is 0 Å². The first kappa shape index (κ1) is 11.3. The van der Waals surface area contributed by atoms with Crippen LogP contribution in [0.4, 0.5) is 17.2 Å². The van der Waals surface area contributed by atoms with Crippen molar-refractivity contribution >= 4 is 17.2 Å². The highest BCUT2D eigenvalue weighted by atomic mass is 16.5. The van der Waals surface area contributed by atoms with Crippen molar-refractivity contribution in [3.8, 4) is 5.75 Å². The molecule has 17 heavy (non-hydrogen) atoms. The second-order valence-electron chi connectivity index (χ2n) is 3.74. The van der Waals surface area contributed by atoms with Gasteiger partial charge in [0.2, 0.25) is 0 Å². The topological polar surface area (TPSA) is 60.2 Å². The Morgan fingerprint density at radius 2 is 1.88 bits per heavy atom. The van der Waals surface area contributed by atoms with Gasteiger partial charge in [0.1, 0.15) is 5.75 Å². The van der Waals surface area contributed by atoms with Gasteiger partial charge in [0.05, 0.1) is 12.8 Å². The predicted molar refractivity (Wildman–Crippen MR) is 69.7 cm³/mol. The van der Waals surface area contributed by atoms with Crippen molar-refractivity contribution < 1.29 is 4.74 Å². The van der Waals surface area contributed by atoms with E-state index in [1.165, 1.54) is 0 Å². The van der Waals surface area contributed by atoms with E-state index in [-0.39, 0.29) is 0 Å². The normalized spacial score (nSPS) is 10.0. The molecule has 4 heteroatoms. The highest BCUT2D eigenvalue weighted by molar-refractivity contribution is 5.71. The van der Waals surface area contributed by atoms with Gasteiger partial charge in [0, 0.05) is 11.9 Å². The average molecular weight is 229 g/mol. The van der Waals surface area contributed by atoms with Gasteiger partial charge in [-0.3, -0.25) is 0 Å². The Balaban J connectivity index is 2.22. The van der Waals surface area contributed by atoms with Crippen LogP contribution in [-0.4, -0.2) is 12.1 Å². The van der Waals surface area contributed by atoms with Crippen LogP contribution in [0, 0.1) is 6.92 Å². The largest absolute Gasteiger partial charge is 0.497 e. The zero-order valence-electron chi connectivity index (χ0n) is 9.90. The monoisotopic (exact) mass is 229 g/mol. The van der Waals surface area contributed by atoms with Crippen molar-refractivity contribution in [2.75, 3.05) is 18.2 Å². The number of nitrogens with zero attached hydrogens (tertiary/aromatic N) is 1. The molecule has 1 aromatic carbocycles. The number of methoxy groups -OCH3 is 1. The van der Waals surface area contributed by atoms with Crippen molar-refractivity contribution in [3.05, 3.63) is 42.1 Å². The molecular formula is C13H15N3O. The van der Waals surface area contributed by atoms with E-state index in [0.717, 1.165) is 17.0 Å². The smallest absolute Gasteiger partial charge is 0.153 e. The molecule has 0 atom stereocenters. The summed E-state index contributed by atoms with van der Waals surface area (Å²) < 4.78 is 5.09. The van der Waals surface area contributed by atoms with Gasteiger partial charge in [-0.1, -0.05) is 0 Å². The van der Waals surface area contributed by atoms with Gasteiger partial charge < -0.3 is 15.8 Å². The summed E-state index contributed by atoms with van der Waals surface area (Å²) in [7, 11) is 1.64. The van der Waals surface area contributed by atoms with E-state index in [9.17, 15) is 0 Å². The predicted octanol–water partition coefficient (Wildman–Crippen LogP) is 2.72. The number of nitrogens with two attached hydrogens (primary N) is 1. The fraction of sp³-hybridized carbons (Fsp3) is 0.154. The van der Waals surface area contributed by atoms with Crippen LogP contribution in [0.2, 0.25) is 0 Å². The molecule has 1 heterocycles. The lowest BCUT2D eigenvalue weighted by atomic mass is 10.2. The van der Waals surface area contributed by atoms with Gasteiger partial charge in [-0.25, -0.2) is 4.98 Å². The molecule has 1 aromatic heterocycles. The Bertz CT molecular complexity index is 509. The Labute approximate surface area is 100 Å². The number of anilines is 3. The van der Waals surface area contributed by atoms with Crippen LogP contribution < -0.4 is 15.8 Å². The Morgan fingerprint density at radius 1 is 1.18 bits per heavy atom. The van der Waals surface area contributed by atoms with E-state index in [1.807, 2.05) is 37.3 Å².